The Bertz CT molecular complexity index is 240. The third-order valence-corrected chi connectivity index (χ3v) is 4.16. The van der Waals surface area contributed by atoms with E-state index in [0.29, 0.717) is 0 Å². The first kappa shape index (κ1) is 11.4. The minimum atomic E-state index is -0.968. The molecule has 1 atom stereocenters. The van der Waals surface area contributed by atoms with Crippen molar-refractivity contribution < 1.29 is 4.43 Å². The fourth-order valence-corrected chi connectivity index (χ4v) is 2.50. The molecule has 0 aromatic heterocycles. The van der Waals surface area contributed by atoms with Crippen LogP contribution >= 0.6 is 0 Å². The van der Waals surface area contributed by atoms with Gasteiger partial charge in [-0.1, -0.05) is 30.3 Å². The highest BCUT2D eigenvalue weighted by Gasteiger charge is 2.02. The Morgan fingerprint density at radius 3 is 2.64 bits per heavy atom. The number of nitrogens with two attached hydrogens (primary N) is 1. The molecule has 2 nitrogen and oxygen atoms in total. The molecule has 0 aliphatic rings. The van der Waals surface area contributed by atoms with E-state index in [1.165, 1.54) is 5.56 Å². The molecule has 0 fully saturated rings. The van der Waals surface area contributed by atoms with Crippen LogP contribution in [0.2, 0.25) is 12.6 Å². The Hall–Kier alpha value is -0.643. The standard InChI is InChI=1S/C11H19NOSi/c1-14(10-8-12)13-9-7-11-5-3-2-4-6-11/h2-6,14H,7-10,12H2,1H3. The van der Waals surface area contributed by atoms with Crippen molar-refractivity contribution in [1.29, 1.82) is 0 Å². The van der Waals surface area contributed by atoms with Crippen LogP contribution in [0.25, 0.3) is 0 Å². The van der Waals surface area contributed by atoms with Crippen LogP contribution in [0.4, 0.5) is 0 Å². The number of hydrogen-bond acceptors (Lipinski definition) is 2. The third kappa shape index (κ3) is 4.55. The summed E-state index contributed by atoms with van der Waals surface area (Å²) in [5.41, 5.74) is 6.82. The van der Waals surface area contributed by atoms with E-state index >= 15 is 0 Å². The molecule has 78 valence electrons. The lowest BCUT2D eigenvalue weighted by Gasteiger charge is -2.10. The number of hydrogen-bond donors (Lipinski definition) is 1. The second-order valence-corrected chi connectivity index (χ2v) is 6.03. The zero-order valence-corrected chi connectivity index (χ0v) is 9.93. The summed E-state index contributed by atoms with van der Waals surface area (Å²) >= 11 is 0. The van der Waals surface area contributed by atoms with Crippen molar-refractivity contribution in [2.75, 3.05) is 13.2 Å². The molecule has 0 bridgehead atoms. The maximum absolute atomic E-state index is 5.75. The van der Waals surface area contributed by atoms with E-state index in [2.05, 4.69) is 30.8 Å². The first-order valence-corrected chi connectivity index (χ1v) is 7.63. The molecule has 1 unspecified atom stereocenters. The zero-order chi connectivity index (χ0) is 10.2. The van der Waals surface area contributed by atoms with Gasteiger partial charge in [0.25, 0.3) is 0 Å². The van der Waals surface area contributed by atoms with Crippen LogP contribution in [-0.2, 0) is 10.8 Å². The van der Waals surface area contributed by atoms with Crippen molar-refractivity contribution in [2.24, 2.45) is 5.73 Å². The molecule has 0 radical (unpaired) electrons. The van der Waals surface area contributed by atoms with Crippen molar-refractivity contribution in [2.45, 2.75) is 19.0 Å². The summed E-state index contributed by atoms with van der Waals surface area (Å²) in [7, 11) is -0.968. The van der Waals surface area contributed by atoms with Gasteiger partial charge in [0, 0.05) is 6.61 Å². The van der Waals surface area contributed by atoms with Crippen LogP contribution < -0.4 is 5.73 Å². The molecule has 3 heteroatoms. The second kappa shape index (κ2) is 6.76. The van der Waals surface area contributed by atoms with Gasteiger partial charge in [0.2, 0.25) is 0 Å². The van der Waals surface area contributed by atoms with Crippen molar-refractivity contribution in [3.8, 4) is 0 Å². The Kier molecular flexibility index (Phi) is 5.52. The molecular formula is C11H19NOSi. The van der Waals surface area contributed by atoms with Gasteiger partial charge in [-0.15, -0.1) is 0 Å². The van der Waals surface area contributed by atoms with Crippen molar-refractivity contribution in [1.82, 2.24) is 0 Å². The van der Waals surface area contributed by atoms with E-state index in [1.807, 2.05) is 6.07 Å². The summed E-state index contributed by atoms with van der Waals surface area (Å²) in [6.45, 7) is 3.81. The molecule has 2 N–H and O–H groups in total. The van der Waals surface area contributed by atoms with Crippen molar-refractivity contribution >= 4 is 9.04 Å². The van der Waals surface area contributed by atoms with Crippen LogP contribution in [-0.4, -0.2) is 22.2 Å². The van der Waals surface area contributed by atoms with Gasteiger partial charge >= 0.3 is 0 Å². The first-order valence-electron chi connectivity index (χ1n) is 5.18. The van der Waals surface area contributed by atoms with Gasteiger partial charge < -0.3 is 10.2 Å². The molecule has 0 amide bonds. The molecular weight excluding hydrogens is 190 g/mol. The van der Waals surface area contributed by atoms with Crippen LogP contribution in [0.5, 0.6) is 0 Å². The molecule has 14 heavy (non-hydrogen) atoms. The number of benzene rings is 1. The van der Waals surface area contributed by atoms with E-state index < -0.39 is 9.04 Å². The average Bonchev–Trinajstić information content (AvgIpc) is 2.20. The number of rotatable bonds is 6. The summed E-state index contributed by atoms with van der Waals surface area (Å²) in [4.78, 5) is 0. The molecule has 0 saturated heterocycles. The first-order chi connectivity index (χ1) is 6.83. The Labute approximate surface area is 87.8 Å². The lowest BCUT2D eigenvalue weighted by atomic mass is 10.2. The lowest BCUT2D eigenvalue weighted by Crippen LogP contribution is -2.19. The Morgan fingerprint density at radius 1 is 1.29 bits per heavy atom. The predicted molar refractivity (Wildman–Crippen MR) is 63.0 cm³/mol. The molecule has 0 aliphatic heterocycles. The monoisotopic (exact) mass is 209 g/mol. The molecule has 1 rings (SSSR count). The SMILES string of the molecule is C[SiH](CCN)OCCc1ccccc1. The fraction of sp³-hybridized carbons (Fsp3) is 0.455. The Morgan fingerprint density at radius 2 is 2.00 bits per heavy atom. The molecule has 0 spiro atoms. The second-order valence-electron chi connectivity index (χ2n) is 3.49. The van der Waals surface area contributed by atoms with E-state index in [0.717, 1.165) is 25.6 Å². The third-order valence-electron chi connectivity index (χ3n) is 2.21. The maximum atomic E-state index is 5.75. The summed E-state index contributed by atoms with van der Waals surface area (Å²) in [6.07, 6.45) is 1.02. The quantitative estimate of drug-likeness (QED) is 0.722. The van der Waals surface area contributed by atoms with Gasteiger partial charge in [0.05, 0.1) is 0 Å². The largest absolute Gasteiger partial charge is 0.420 e. The summed E-state index contributed by atoms with van der Waals surface area (Å²) in [5, 5.41) is 0. The molecule has 1 aromatic rings. The smallest absolute Gasteiger partial charge is 0.175 e. The van der Waals surface area contributed by atoms with E-state index in [1.54, 1.807) is 0 Å². The normalized spacial score (nSPS) is 12.7. The van der Waals surface area contributed by atoms with Gasteiger partial charge in [0.15, 0.2) is 9.04 Å². The van der Waals surface area contributed by atoms with Crippen LogP contribution in [0.3, 0.4) is 0 Å². The van der Waals surface area contributed by atoms with Crippen LogP contribution in [0.1, 0.15) is 5.56 Å². The topological polar surface area (TPSA) is 35.2 Å². The molecule has 0 heterocycles. The van der Waals surface area contributed by atoms with Crippen LogP contribution in [0, 0.1) is 0 Å². The highest BCUT2D eigenvalue weighted by Crippen LogP contribution is 2.01. The van der Waals surface area contributed by atoms with Gasteiger partial charge in [0.1, 0.15) is 0 Å². The van der Waals surface area contributed by atoms with Gasteiger partial charge in [-0.3, -0.25) is 0 Å². The zero-order valence-electron chi connectivity index (χ0n) is 8.78. The van der Waals surface area contributed by atoms with E-state index in [-0.39, 0.29) is 0 Å². The molecule has 0 saturated carbocycles. The highest BCUT2D eigenvalue weighted by atomic mass is 28.3. The average molecular weight is 209 g/mol. The lowest BCUT2D eigenvalue weighted by molar-refractivity contribution is 0.327. The van der Waals surface area contributed by atoms with E-state index in [4.69, 9.17) is 10.2 Å². The molecule has 1 aromatic carbocycles. The minimum Gasteiger partial charge on any atom is -0.420 e. The van der Waals surface area contributed by atoms with Crippen molar-refractivity contribution in [3.05, 3.63) is 35.9 Å². The van der Waals surface area contributed by atoms with Gasteiger partial charge in [-0.25, -0.2) is 0 Å². The van der Waals surface area contributed by atoms with Gasteiger partial charge in [-0.2, -0.15) is 0 Å². The fourth-order valence-electron chi connectivity index (χ4n) is 1.34. The molecule has 0 aliphatic carbocycles. The minimum absolute atomic E-state index is 0.763. The van der Waals surface area contributed by atoms with E-state index in [9.17, 15) is 0 Å². The highest BCUT2D eigenvalue weighted by molar-refractivity contribution is 6.50. The predicted octanol–water partition coefficient (Wildman–Crippen LogP) is 1.56. The summed E-state index contributed by atoms with van der Waals surface area (Å²) in [5.74, 6) is 0. The van der Waals surface area contributed by atoms with Crippen molar-refractivity contribution in [3.63, 3.8) is 0 Å². The summed E-state index contributed by atoms with van der Waals surface area (Å²) in [6, 6.07) is 11.5. The Balaban J connectivity index is 2.16. The van der Waals surface area contributed by atoms with Crippen LogP contribution in [0.15, 0.2) is 30.3 Å². The van der Waals surface area contributed by atoms with Gasteiger partial charge in [-0.05, 0) is 31.1 Å². The maximum Gasteiger partial charge on any atom is 0.175 e. The summed E-state index contributed by atoms with van der Waals surface area (Å²) < 4.78 is 5.75.